The van der Waals surface area contributed by atoms with Crippen LogP contribution in [0.4, 0.5) is 8.78 Å². The SMILES string of the molecule is CSc1cccc(C(NC2CCNC2=O)c2ccc(F)cc2F)c1. The molecule has 0 spiro atoms. The lowest BCUT2D eigenvalue weighted by molar-refractivity contribution is -0.121. The fourth-order valence-electron chi connectivity index (χ4n) is 2.88. The van der Waals surface area contributed by atoms with Crippen LogP contribution in [-0.4, -0.2) is 24.7 Å². The molecule has 1 aliphatic rings. The highest BCUT2D eigenvalue weighted by atomic mass is 32.2. The number of amides is 1. The molecule has 1 amide bonds. The third kappa shape index (κ3) is 3.60. The predicted octanol–water partition coefficient (Wildman–Crippen LogP) is 3.25. The Hall–Kier alpha value is -1.92. The van der Waals surface area contributed by atoms with Crippen LogP contribution in [0.3, 0.4) is 0 Å². The van der Waals surface area contributed by atoms with E-state index in [9.17, 15) is 13.6 Å². The molecule has 1 saturated heterocycles. The molecule has 24 heavy (non-hydrogen) atoms. The number of hydrogen-bond acceptors (Lipinski definition) is 3. The molecule has 0 radical (unpaired) electrons. The second kappa shape index (κ2) is 7.32. The van der Waals surface area contributed by atoms with Crippen molar-refractivity contribution in [2.75, 3.05) is 12.8 Å². The van der Waals surface area contributed by atoms with Crippen molar-refractivity contribution >= 4 is 17.7 Å². The standard InChI is InChI=1S/C18H18F2N2OS/c1-24-13-4-2-3-11(9-13)17(22-16-7-8-21-18(16)23)14-6-5-12(19)10-15(14)20/h2-6,9-10,16-17,22H,7-8H2,1H3,(H,21,23). The van der Waals surface area contributed by atoms with Crippen LogP contribution in [0.2, 0.25) is 0 Å². The van der Waals surface area contributed by atoms with Gasteiger partial charge < -0.3 is 5.32 Å². The van der Waals surface area contributed by atoms with Gasteiger partial charge in [0.1, 0.15) is 11.6 Å². The summed E-state index contributed by atoms with van der Waals surface area (Å²) in [5.74, 6) is -1.34. The average Bonchev–Trinajstić information content (AvgIpc) is 2.98. The topological polar surface area (TPSA) is 41.1 Å². The van der Waals surface area contributed by atoms with E-state index in [4.69, 9.17) is 0 Å². The van der Waals surface area contributed by atoms with Crippen LogP contribution in [0.25, 0.3) is 0 Å². The monoisotopic (exact) mass is 348 g/mol. The number of halogens is 2. The van der Waals surface area contributed by atoms with Crippen LogP contribution >= 0.6 is 11.8 Å². The summed E-state index contributed by atoms with van der Waals surface area (Å²) in [5, 5.41) is 5.99. The third-order valence-corrected chi connectivity index (χ3v) is 4.84. The quantitative estimate of drug-likeness (QED) is 0.815. The Labute approximate surface area is 143 Å². The summed E-state index contributed by atoms with van der Waals surface area (Å²) < 4.78 is 27.6. The van der Waals surface area contributed by atoms with Crippen LogP contribution in [0.5, 0.6) is 0 Å². The summed E-state index contributed by atoms with van der Waals surface area (Å²) in [6, 6.07) is 10.3. The molecule has 6 heteroatoms. The molecule has 0 bridgehead atoms. The van der Waals surface area contributed by atoms with Gasteiger partial charge in [0.05, 0.1) is 12.1 Å². The van der Waals surface area contributed by atoms with Crippen molar-refractivity contribution in [1.29, 1.82) is 0 Å². The molecule has 2 aromatic carbocycles. The third-order valence-electron chi connectivity index (χ3n) is 4.12. The van der Waals surface area contributed by atoms with Crippen molar-refractivity contribution in [3.63, 3.8) is 0 Å². The molecule has 126 valence electrons. The second-order valence-corrected chi connectivity index (χ2v) is 6.55. The molecular formula is C18H18F2N2OS. The minimum Gasteiger partial charge on any atom is -0.355 e. The molecule has 0 saturated carbocycles. The van der Waals surface area contributed by atoms with Gasteiger partial charge in [0.15, 0.2) is 0 Å². The molecule has 0 aromatic heterocycles. The van der Waals surface area contributed by atoms with Gasteiger partial charge in [-0.05, 0) is 36.4 Å². The molecule has 2 unspecified atom stereocenters. The van der Waals surface area contributed by atoms with Gasteiger partial charge in [0, 0.05) is 23.1 Å². The van der Waals surface area contributed by atoms with E-state index in [0.29, 0.717) is 18.5 Å². The summed E-state index contributed by atoms with van der Waals surface area (Å²) in [6.07, 6.45) is 2.60. The first-order valence-corrected chi connectivity index (χ1v) is 8.93. The van der Waals surface area contributed by atoms with Gasteiger partial charge in [0.25, 0.3) is 0 Å². The van der Waals surface area contributed by atoms with Crippen molar-refractivity contribution in [2.45, 2.75) is 23.4 Å². The lowest BCUT2D eigenvalue weighted by Gasteiger charge is -2.23. The largest absolute Gasteiger partial charge is 0.355 e. The zero-order chi connectivity index (χ0) is 17.1. The predicted molar refractivity (Wildman–Crippen MR) is 91.0 cm³/mol. The Bertz CT molecular complexity index is 754. The van der Waals surface area contributed by atoms with Gasteiger partial charge in [-0.15, -0.1) is 11.8 Å². The average molecular weight is 348 g/mol. The van der Waals surface area contributed by atoms with Gasteiger partial charge in [-0.2, -0.15) is 0 Å². The highest BCUT2D eigenvalue weighted by Gasteiger charge is 2.29. The van der Waals surface area contributed by atoms with Crippen LogP contribution < -0.4 is 10.6 Å². The Morgan fingerprint density at radius 3 is 2.75 bits per heavy atom. The highest BCUT2D eigenvalue weighted by Crippen LogP contribution is 2.29. The van der Waals surface area contributed by atoms with Gasteiger partial charge in [-0.1, -0.05) is 18.2 Å². The summed E-state index contributed by atoms with van der Waals surface area (Å²) in [7, 11) is 0. The summed E-state index contributed by atoms with van der Waals surface area (Å²) in [6.45, 7) is 0.597. The molecule has 3 nitrogen and oxygen atoms in total. The fourth-order valence-corrected chi connectivity index (χ4v) is 3.35. The Morgan fingerprint density at radius 2 is 2.08 bits per heavy atom. The Morgan fingerprint density at radius 1 is 1.25 bits per heavy atom. The normalized spacial score (nSPS) is 18.5. The van der Waals surface area contributed by atoms with Crippen LogP contribution in [-0.2, 0) is 4.79 Å². The molecule has 2 atom stereocenters. The maximum absolute atomic E-state index is 14.4. The van der Waals surface area contributed by atoms with E-state index in [1.165, 1.54) is 12.1 Å². The lowest BCUT2D eigenvalue weighted by atomic mass is 9.97. The summed E-state index contributed by atoms with van der Waals surface area (Å²) in [4.78, 5) is 12.9. The van der Waals surface area contributed by atoms with Gasteiger partial charge >= 0.3 is 0 Å². The maximum Gasteiger partial charge on any atom is 0.237 e. The zero-order valence-corrected chi connectivity index (χ0v) is 14.0. The smallest absolute Gasteiger partial charge is 0.237 e. The number of rotatable bonds is 5. The van der Waals surface area contributed by atoms with E-state index in [0.717, 1.165) is 16.5 Å². The summed E-state index contributed by atoms with van der Waals surface area (Å²) in [5.41, 5.74) is 1.17. The second-order valence-electron chi connectivity index (χ2n) is 5.67. The molecule has 1 aliphatic heterocycles. The van der Waals surface area contributed by atoms with E-state index >= 15 is 0 Å². The van der Waals surface area contributed by atoms with Crippen molar-refractivity contribution in [3.05, 3.63) is 65.2 Å². The van der Waals surface area contributed by atoms with E-state index in [2.05, 4.69) is 10.6 Å². The van der Waals surface area contributed by atoms with Crippen LogP contribution in [0.15, 0.2) is 47.4 Å². The van der Waals surface area contributed by atoms with E-state index < -0.39 is 23.7 Å². The number of carbonyl (C=O) groups excluding carboxylic acids is 1. The van der Waals surface area contributed by atoms with Gasteiger partial charge in [0.2, 0.25) is 5.91 Å². The van der Waals surface area contributed by atoms with E-state index in [-0.39, 0.29) is 5.91 Å². The molecule has 0 aliphatic carbocycles. The van der Waals surface area contributed by atoms with Crippen LogP contribution in [0.1, 0.15) is 23.6 Å². The first kappa shape index (κ1) is 16.9. The van der Waals surface area contributed by atoms with Crippen molar-refractivity contribution in [3.8, 4) is 0 Å². The highest BCUT2D eigenvalue weighted by molar-refractivity contribution is 7.98. The van der Waals surface area contributed by atoms with Crippen molar-refractivity contribution in [1.82, 2.24) is 10.6 Å². The first-order valence-electron chi connectivity index (χ1n) is 7.71. The minimum absolute atomic E-state index is 0.0939. The Kier molecular flexibility index (Phi) is 5.16. The molecule has 2 aromatic rings. The number of hydrogen-bond donors (Lipinski definition) is 2. The minimum atomic E-state index is -0.625. The Balaban J connectivity index is 2.00. The number of benzene rings is 2. The lowest BCUT2D eigenvalue weighted by Crippen LogP contribution is -2.39. The molecule has 1 fully saturated rings. The van der Waals surface area contributed by atoms with E-state index in [1.54, 1.807) is 11.8 Å². The summed E-state index contributed by atoms with van der Waals surface area (Å²) >= 11 is 1.58. The number of thioether (sulfide) groups is 1. The van der Waals surface area contributed by atoms with Gasteiger partial charge in [-0.25, -0.2) is 8.78 Å². The fraction of sp³-hybridized carbons (Fsp3) is 0.278. The molecule has 3 rings (SSSR count). The van der Waals surface area contributed by atoms with Gasteiger partial charge in [-0.3, -0.25) is 10.1 Å². The maximum atomic E-state index is 14.4. The van der Waals surface area contributed by atoms with Crippen LogP contribution in [0, 0.1) is 11.6 Å². The van der Waals surface area contributed by atoms with Crippen molar-refractivity contribution < 1.29 is 13.6 Å². The van der Waals surface area contributed by atoms with E-state index in [1.807, 2.05) is 30.5 Å². The van der Waals surface area contributed by atoms with Crippen molar-refractivity contribution in [2.24, 2.45) is 0 Å². The molecule has 2 N–H and O–H groups in total. The molecule has 1 heterocycles. The zero-order valence-electron chi connectivity index (χ0n) is 13.2. The number of nitrogens with one attached hydrogen (secondary N) is 2. The molecular weight excluding hydrogens is 330 g/mol. The first-order chi connectivity index (χ1) is 11.6. The number of carbonyl (C=O) groups is 1.